The lowest BCUT2D eigenvalue weighted by atomic mass is 10.0. The highest BCUT2D eigenvalue weighted by Crippen LogP contribution is 2.31. The van der Waals surface area contributed by atoms with Crippen LogP contribution in [0.2, 0.25) is 6.04 Å². The van der Waals surface area contributed by atoms with Crippen LogP contribution in [0.25, 0.3) is 0 Å². The van der Waals surface area contributed by atoms with Crippen LogP contribution >= 0.6 is 0 Å². The fourth-order valence-corrected chi connectivity index (χ4v) is 5.46. The topological polar surface area (TPSA) is 57.0 Å². The molecular formula is C17H40N2O3Si. The molecule has 0 aromatic heterocycles. The molecule has 0 heterocycles. The third kappa shape index (κ3) is 7.62. The Kier molecular flexibility index (Phi) is 12.4. The molecule has 1 unspecified atom stereocenters. The van der Waals surface area contributed by atoms with E-state index in [0.717, 1.165) is 38.4 Å². The van der Waals surface area contributed by atoms with Crippen LogP contribution in [0.15, 0.2) is 0 Å². The standard InChI is InChI=1S/C17H40N2O3Si/c1-7-10-11-12-13-17(4,19(9-3)15-14-18)22-23(20-5,21-6)16-8-2/h7-16,18H2,1-6H3. The molecule has 0 saturated heterocycles. The van der Waals surface area contributed by atoms with Crippen molar-refractivity contribution >= 4 is 8.80 Å². The van der Waals surface area contributed by atoms with Gasteiger partial charge in [-0.05, 0) is 26.3 Å². The summed E-state index contributed by atoms with van der Waals surface area (Å²) < 4.78 is 18.1. The van der Waals surface area contributed by atoms with Gasteiger partial charge in [0.2, 0.25) is 0 Å². The van der Waals surface area contributed by atoms with Crippen LogP contribution in [0.1, 0.15) is 66.2 Å². The molecular weight excluding hydrogens is 308 g/mol. The Balaban J connectivity index is 5.20. The van der Waals surface area contributed by atoms with Crippen LogP contribution in [0.4, 0.5) is 0 Å². The molecule has 0 radical (unpaired) electrons. The molecule has 0 fully saturated rings. The smallest absolute Gasteiger partial charge is 0.377 e. The van der Waals surface area contributed by atoms with E-state index in [0.29, 0.717) is 6.54 Å². The Labute approximate surface area is 145 Å². The lowest BCUT2D eigenvalue weighted by molar-refractivity contribution is -0.116. The van der Waals surface area contributed by atoms with Gasteiger partial charge in [-0.25, -0.2) is 0 Å². The van der Waals surface area contributed by atoms with Crippen molar-refractivity contribution in [2.75, 3.05) is 33.9 Å². The van der Waals surface area contributed by atoms with E-state index < -0.39 is 8.80 Å². The maximum absolute atomic E-state index is 6.62. The van der Waals surface area contributed by atoms with Crippen LogP contribution in [0, 0.1) is 0 Å². The van der Waals surface area contributed by atoms with Gasteiger partial charge in [0.25, 0.3) is 0 Å². The zero-order chi connectivity index (χ0) is 17.8. The van der Waals surface area contributed by atoms with Gasteiger partial charge in [-0.1, -0.05) is 46.5 Å². The van der Waals surface area contributed by atoms with E-state index in [1.807, 2.05) is 0 Å². The van der Waals surface area contributed by atoms with Crippen LogP contribution in [0.3, 0.4) is 0 Å². The van der Waals surface area contributed by atoms with E-state index in [-0.39, 0.29) is 5.72 Å². The summed E-state index contributed by atoms with van der Waals surface area (Å²) in [6.45, 7) is 11.1. The Bertz CT molecular complexity index is 291. The van der Waals surface area contributed by atoms with Crippen molar-refractivity contribution in [3.63, 3.8) is 0 Å². The third-order valence-electron chi connectivity index (χ3n) is 4.50. The van der Waals surface area contributed by atoms with Gasteiger partial charge in [0.05, 0.1) is 0 Å². The number of rotatable bonds is 15. The van der Waals surface area contributed by atoms with Gasteiger partial charge in [-0.3, -0.25) is 4.90 Å². The summed E-state index contributed by atoms with van der Waals surface area (Å²) in [7, 11) is 0.783. The SMILES string of the molecule is CCCCCCC(C)(O[Si](CCC)(OC)OC)N(CC)CCN. The number of hydrogen-bond donors (Lipinski definition) is 1. The van der Waals surface area contributed by atoms with Crippen molar-refractivity contribution in [1.82, 2.24) is 4.90 Å². The molecule has 0 aliphatic heterocycles. The van der Waals surface area contributed by atoms with Crippen LogP contribution in [-0.2, 0) is 13.3 Å². The van der Waals surface area contributed by atoms with Gasteiger partial charge in [0.1, 0.15) is 5.72 Å². The number of likely N-dealkylation sites (N-methyl/N-ethyl adjacent to an activating group) is 1. The molecule has 2 N–H and O–H groups in total. The number of hydrogen-bond acceptors (Lipinski definition) is 5. The average Bonchev–Trinajstić information content (AvgIpc) is 2.56. The van der Waals surface area contributed by atoms with Crippen molar-refractivity contribution in [1.29, 1.82) is 0 Å². The molecule has 1 atom stereocenters. The summed E-state index contributed by atoms with van der Waals surface area (Å²) in [4.78, 5) is 2.33. The number of nitrogens with two attached hydrogens (primary N) is 1. The van der Waals surface area contributed by atoms with Crippen molar-refractivity contribution in [2.45, 2.75) is 78.0 Å². The number of nitrogens with zero attached hydrogens (tertiary/aromatic N) is 1. The minimum atomic E-state index is -2.64. The van der Waals surface area contributed by atoms with E-state index in [4.69, 9.17) is 19.0 Å². The molecule has 6 heteroatoms. The Morgan fingerprint density at radius 2 is 1.65 bits per heavy atom. The first-order valence-corrected chi connectivity index (χ1v) is 11.2. The predicted molar refractivity (Wildman–Crippen MR) is 99.4 cm³/mol. The third-order valence-corrected chi connectivity index (χ3v) is 7.60. The lowest BCUT2D eigenvalue weighted by Crippen LogP contribution is -2.59. The first kappa shape index (κ1) is 23.0. The Morgan fingerprint density at radius 3 is 2.09 bits per heavy atom. The van der Waals surface area contributed by atoms with E-state index >= 15 is 0 Å². The highest BCUT2D eigenvalue weighted by atomic mass is 28.4. The van der Waals surface area contributed by atoms with Crippen molar-refractivity contribution in [2.24, 2.45) is 5.73 Å². The average molecular weight is 349 g/mol. The fourth-order valence-electron chi connectivity index (χ4n) is 3.10. The maximum atomic E-state index is 6.62. The molecule has 0 rings (SSSR count). The summed E-state index contributed by atoms with van der Waals surface area (Å²) in [5.74, 6) is 0. The summed E-state index contributed by atoms with van der Waals surface area (Å²) in [6, 6.07) is 0.838. The predicted octanol–water partition coefficient (Wildman–Crippen LogP) is 3.61. The Morgan fingerprint density at radius 1 is 1.00 bits per heavy atom. The molecule has 0 aromatic rings. The molecule has 140 valence electrons. The highest BCUT2D eigenvalue weighted by molar-refractivity contribution is 6.60. The zero-order valence-corrected chi connectivity index (χ0v) is 17.3. The van der Waals surface area contributed by atoms with Crippen molar-refractivity contribution in [3.8, 4) is 0 Å². The van der Waals surface area contributed by atoms with Gasteiger partial charge < -0.3 is 19.0 Å². The summed E-state index contributed by atoms with van der Waals surface area (Å²) >= 11 is 0. The molecule has 0 spiro atoms. The molecule has 0 aromatic carbocycles. The lowest BCUT2D eigenvalue weighted by Gasteiger charge is -2.45. The molecule has 0 saturated carbocycles. The molecule has 0 aliphatic rings. The second kappa shape index (κ2) is 12.4. The van der Waals surface area contributed by atoms with Gasteiger partial charge in [0.15, 0.2) is 0 Å². The molecule has 0 aliphatic carbocycles. The Hall–Kier alpha value is 0.0169. The van der Waals surface area contributed by atoms with E-state index in [1.54, 1.807) is 14.2 Å². The minimum Gasteiger partial charge on any atom is -0.377 e. The highest BCUT2D eigenvalue weighted by Gasteiger charge is 2.46. The van der Waals surface area contributed by atoms with Crippen LogP contribution in [-0.4, -0.2) is 53.3 Å². The summed E-state index contributed by atoms with van der Waals surface area (Å²) in [5.41, 5.74) is 5.44. The normalized spacial score (nSPS) is 15.1. The summed E-state index contributed by atoms with van der Waals surface area (Å²) in [6.07, 6.45) is 6.86. The first-order chi connectivity index (χ1) is 11.0. The largest absolute Gasteiger partial charge is 0.501 e. The van der Waals surface area contributed by atoms with Crippen molar-refractivity contribution < 1.29 is 13.3 Å². The zero-order valence-electron chi connectivity index (χ0n) is 16.3. The van der Waals surface area contributed by atoms with E-state index in [2.05, 4.69) is 32.6 Å². The monoisotopic (exact) mass is 348 g/mol. The first-order valence-electron chi connectivity index (χ1n) is 9.23. The molecule has 0 bridgehead atoms. The molecule has 5 nitrogen and oxygen atoms in total. The molecule has 23 heavy (non-hydrogen) atoms. The van der Waals surface area contributed by atoms with Gasteiger partial charge >= 0.3 is 8.80 Å². The van der Waals surface area contributed by atoms with Crippen LogP contribution < -0.4 is 5.73 Å². The quantitative estimate of drug-likeness (QED) is 0.278. The van der Waals surface area contributed by atoms with Gasteiger partial charge in [-0.2, -0.15) is 0 Å². The molecule has 0 amide bonds. The van der Waals surface area contributed by atoms with E-state index in [1.165, 1.54) is 19.3 Å². The van der Waals surface area contributed by atoms with Crippen molar-refractivity contribution in [3.05, 3.63) is 0 Å². The van der Waals surface area contributed by atoms with Crippen LogP contribution in [0.5, 0.6) is 0 Å². The second-order valence-corrected chi connectivity index (χ2v) is 9.18. The summed E-state index contributed by atoms with van der Waals surface area (Å²) in [5, 5.41) is 0. The van der Waals surface area contributed by atoms with Gasteiger partial charge in [-0.15, -0.1) is 0 Å². The maximum Gasteiger partial charge on any atom is 0.501 e. The number of unbranched alkanes of at least 4 members (excludes halogenated alkanes) is 3. The van der Waals surface area contributed by atoms with E-state index in [9.17, 15) is 0 Å². The fraction of sp³-hybridized carbons (Fsp3) is 1.00. The minimum absolute atomic E-state index is 0.380. The second-order valence-electron chi connectivity index (χ2n) is 6.30. The van der Waals surface area contributed by atoms with Gasteiger partial charge in [0, 0.05) is 33.4 Å².